The summed E-state index contributed by atoms with van der Waals surface area (Å²) in [7, 11) is 0. The van der Waals surface area contributed by atoms with Crippen molar-refractivity contribution in [3.63, 3.8) is 0 Å². The first-order valence-corrected chi connectivity index (χ1v) is 10.5. The first-order chi connectivity index (χ1) is 15.1. The minimum atomic E-state index is -0.731. The van der Waals surface area contributed by atoms with Gasteiger partial charge in [-0.2, -0.15) is 0 Å². The number of imidazole rings is 1. The lowest BCUT2D eigenvalue weighted by molar-refractivity contribution is -0.112. The lowest BCUT2D eigenvalue weighted by Gasteiger charge is -2.08. The third-order valence-corrected chi connectivity index (χ3v) is 5.80. The zero-order valence-corrected chi connectivity index (χ0v) is 17.3. The van der Waals surface area contributed by atoms with Gasteiger partial charge in [0, 0.05) is 28.0 Å². The van der Waals surface area contributed by atoms with E-state index in [9.17, 15) is 9.59 Å². The molecule has 0 fully saturated rings. The summed E-state index contributed by atoms with van der Waals surface area (Å²) in [6.45, 7) is 1.82. The van der Waals surface area contributed by atoms with E-state index in [1.54, 1.807) is 16.8 Å². The van der Waals surface area contributed by atoms with Crippen LogP contribution >= 0.6 is 11.3 Å². The number of fused-ring (bicyclic) bond motifs is 1. The molecule has 3 heterocycles. The Morgan fingerprint density at radius 3 is 2.68 bits per heavy atom. The number of amides is 1. The maximum atomic E-state index is 12.8. The van der Waals surface area contributed by atoms with E-state index >= 15 is 0 Å². The highest BCUT2D eigenvalue weighted by Gasteiger charge is 2.22. The molecule has 0 saturated heterocycles. The third-order valence-electron chi connectivity index (χ3n) is 4.97. The molecule has 5 aromatic rings. The van der Waals surface area contributed by atoms with Crippen LogP contribution in [0.3, 0.4) is 0 Å². The molecule has 5 rings (SSSR count). The maximum Gasteiger partial charge on any atom is 0.298 e. The van der Waals surface area contributed by atoms with Crippen LogP contribution < -0.4 is 5.32 Å². The number of Topliss-reactive ketones (excluding diaryl/α,β-unsaturated/α-hetero) is 1. The van der Waals surface area contributed by atoms with E-state index in [0.717, 1.165) is 16.8 Å². The molecule has 7 nitrogen and oxygen atoms in total. The average molecular weight is 427 g/mol. The lowest BCUT2D eigenvalue weighted by Crippen LogP contribution is -2.24. The van der Waals surface area contributed by atoms with Gasteiger partial charge in [0.05, 0.1) is 17.5 Å². The van der Waals surface area contributed by atoms with Gasteiger partial charge in [-0.15, -0.1) is 11.3 Å². The smallest absolute Gasteiger partial charge is 0.298 e. The molecule has 0 aliphatic heterocycles. The fraction of sp³-hybridized carbons (Fsp3) is 0.0435. The number of aromatic nitrogens is 4. The summed E-state index contributed by atoms with van der Waals surface area (Å²) >= 11 is 1.44. The van der Waals surface area contributed by atoms with Crippen LogP contribution in [0.5, 0.6) is 0 Å². The van der Waals surface area contributed by atoms with Crippen LogP contribution in [0.4, 0.5) is 5.82 Å². The maximum absolute atomic E-state index is 12.8. The average Bonchev–Trinajstić information content (AvgIpc) is 3.52. The topological polar surface area (TPSA) is 92.7 Å². The van der Waals surface area contributed by atoms with Gasteiger partial charge in [-0.25, -0.2) is 9.97 Å². The van der Waals surface area contributed by atoms with Gasteiger partial charge in [0.1, 0.15) is 11.6 Å². The number of rotatable bonds is 5. The Morgan fingerprint density at radius 1 is 1.06 bits per heavy atom. The Balaban J connectivity index is 1.43. The van der Waals surface area contributed by atoms with Gasteiger partial charge in [0.15, 0.2) is 5.13 Å². The molecule has 1 amide bonds. The summed E-state index contributed by atoms with van der Waals surface area (Å²) in [5.74, 6) is -0.300. The van der Waals surface area contributed by atoms with Crippen LogP contribution in [0.1, 0.15) is 16.2 Å². The van der Waals surface area contributed by atoms with E-state index in [4.69, 9.17) is 0 Å². The zero-order valence-electron chi connectivity index (χ0n) is 16.5. The van der Waals surface area contributed by atoms with E-state index in [1.165, 1.54) is 17.5 Å². The first kappa shape index (κ1) is 19.0. The van der Waals surface area contributed by atoms with E-state index in [2.05, 4.69) is 20.3 Å². The normalized spacial score (nSPS) is 11.0. The van der Waals surface area contributed by atoms with Crippen LogP contribution in [0.25, 0.3) is 27.3 Å². The first-order valence-electron chi connectivity index (χ1n) is 9.59. The number of H-pyrrole nitrogens is 1. The van der Waals surface area contributed by atoms with E-state index in [1.807, 2.05) is 60.8 Å². The number of nitrogens with one attached hydrogen (secondary N) is 2. The number of hydrogen-bond donors (Lipinski definition) is 2. The van der Waals surface area contributed by atoms with Gasteiger partial charge < -0.3 is 10.3 Å². The molecule has 0 unspecified atom stereocenters. The van der Waals surface area contributed by atoms with Crippen LogP contribution in [0.15, 0.2) is 72.4 Å². The van der Waals surface area contributed by atoms with E-state index in [0.29, 0.717) is 27.7 Å². The second-order valence-electron chi connectivity index (χ2n) is 6.94. The fourth-order valence-corrected chi connectivity index (χ4v) is 4.33. The second kappa shape index (κ2) is 7.66. The Labute approximate surface area is 181 Å². The molecule has 0 aliphatic carbocycles. The van der Waals surface area contributed by atoms with Crippen LogP contribution in [-0.4, -0.2) is 31.2 Å². The number of ketones is 1. The van der Waals surface area contributed by atoms with Crippen molar-refractivity contribution in [2.75, 3.05) is 5.32 Å². The van der Waals surface area contributed by atoms with Crippen molar-refractivity contribution < 1.29 is 9.59 Å². The second-order valence-corrected chi connectivity index (χ2v) is 7.78. The Kier molecular flexibility index (Phi) is 4.68. The van der Waals surface area contributed by atoms with E-state index in [-0.39, 0.29) is 0 Å². The number of thiazole rings is 1. The summed E-state index contributed by atoms with van der Waals surface area (Å²) in [5, 5.41) is 6.01. The van der Waals surface area contributed by atoms with Gasteiger partial charge in [-0.3, -0.25) is 14.2 Å². The molecule has 2 aromatic carbocycles. The number of hydrogen-bond acceptors (Lipinski definition) is 5. The van der Waals surface area contributed by atoms with Crippen molar-refractivity contribution in [3.8, 4) is 16.4 Å². The minimum absolute atomic E-state index is 0.330. The molecule has 152 valence electrons. The SMILES string of the molecule is Cc1ncc(NC(=O)C(=O)c2c[nH]c3ccccc23)n1-c1nc(-c2ccccc2)cs1. The van der Waals surface area contributed by atoms with Gasteiger partial charge in [-0.1, -0.05) is 48.5 Å². The molecule has 0 bridgehead atoms. The highest BCUT2D eigenvalue weighted by Crippen LogP contribution is 2.27. The molecule has 0 aliphatic rings. The van der Waals surface area contributed by atoms with Gasteiger partial charge in [-0.05, 0) is 13.0 Å². The lowest BCUT2D eigenvalue weighted by atomic mass is 10.1. The van der Waals surface area contributed by atoms with Crippen LogP contribution in [0, 0.1) is 6.92 Å². The van der Waals surface area contributed by atoms with Gasteiger partial charge in [0.2, 0.25) is 0 Å². The molecular formula is C23H17N5O2S. The number of carbonyl (C=O) groups excluding carboxylic acids is 2. The van der Waals surface area contributed by atoms with Crippen LogP contribution in [0.2, 0.25) is 0 Å². The highest BCUT2D eigenvalue weighted by molar-refractivity contribution is 7.12. The predicted molar refractivity (Wildman–Crippen MR) is 121 cm³/mol. The summed E-state index contributed by atoms with van der Waals surface area (Å²) in [5.41, 5.74) is 2.97. The molecule has 0 radical (unpaired) electrons. The summed E-state index contributed by atoms with van der Waals surface area (Å²) in [6, 6.07) is 17.2. The predicted octanol–water partition coefficient (Wildman–Crippen LogP) is 4.61. The number of aromatic amines is 1. The quantitative estimate of drug-likeness (QED) is 0.317. The molecular weight excluding hydrogens is 410 g/mol. The molecule has 31 heavy (non-hydrogen) atoms. The molecule has 3 aromatic heterocycles. The number of carbonyl (C=O) groups is 2. The number of para-hydroxylation sites is 1. The zero-order chi connectivity index (χ0) is 21.4. The third kappa shape index (κ3) is 3.43. The Morgan fingerprint density at radius 2 is 1.84 bits per heavy atom. The number of aryl methyl sites for hydroxylation is 1. The Hall–Kier alpha value is -4.04. The molecule has 0 atom stereocenters. The molecule has 8 heteroatoms. The summed E-state index contributed by atoms with van der Waals surface area (Å²) in [6.07, 6.45) is 3.08. The van der Waals surface area contributed by atoms with Crippen molar-refractivity contribution >= 4 is 39.7 Å². The van der Waals surface area contributed by atoms with Crippen molar-refractivity contribution in [3.05, 3.63) is 83.8 Å². The van der Waals surface area contributed by atoms with Crippen molar-refractivity contribution in [2.45, 2.75) is 6.92 Å². The number of benzene rings is 2. The molecule has 0 spiro atoms. The monoisotopic (exact) mass is 427 g/mol. The molecule has 0 saturated carbocycles. The van der Waals surface area contributed by atoms with E-state index < -0.39 is 11.7 Å². The van der Waals surface area contributed by atoms with Gasteiger partial charge in [0.25, 0.3) is 11.7 Å². The fourth-order valence-electron chi connectivity index (χ4n) is 3.44. The van der Waals surface area contributed by atoms with Crippen molar-refractivity contribution in [2.24, 2.45) is 0 Å². The van der Waals surface area contributed by atoms with Crippen LogP contribution in [-0.2, 0) is 4.79 Å². The largest absolute Gasteiger partial charge is 0.360 e. The van der Waals surface area contributed by atoms with Gasteiger partial charge >= 0.3 is 0 Å². The van der Waals surface area contributed by atoms with Crippen molar-refractivity contribution in [1.29, 1.82) is 0 Å². The highest BCUT2D eigenvalue weighted by atomic mass is 32.1. The Bertz CT molecular complexity index is 1410. The summed E-state index contributed by atoms with van der Waals surface area (Å²) < 4.78 is 1.73. The summed E-state index contributed by atoms with van der Waals surface area (Å²) in [4.78, 5) is 37.5. The van der Waals surface area contributed by atoms with Crippen molar-refractivity contribution in [1.82, 2.24) is 19.5 Å². The minimum Gasteiger partial charge on any atom is -0.360 e. The molecule has 2 N–H and O–H groups in total. The standard InChI is InChI=1S/C23H17N5O2S/c1-14-24-12-20(28(14)23-26-19(13-31-23)15-7-3-2-4-8-15)27-22(30)21(29)17-11-25-18-10-6-5-9-16(17)18/h2-13,25H,1H3,(H,27,30). The number of anilines is 1. The number of nitrogens with zero attached hydrogens (tertiary/aromatic N) is 3.